The Morgan fingerprint density at radius 3 is 1.77 bits per heavy atom. The van der Waals surface area contributed by atoms with Crippen molar-refractivity contribution >= 4 is 23.1 Å². The number of nitrogens with zero attached hydrogens (tertiary/aromatic N) is 2. The van der Waals surface area contributed by atoms with E-state index in [1.54, 1.807) is 0 Å². The van der Waals surface area contributed by atoms with E-state index in [0.717, 1.165) is 6.92 Å². The van der Waals surface area contributed by atoms with Crippen molar-refractivity contribution in [1.29, 1.82) is 0 Å². The summed E-state index contributed by atoms with van der Waals surface area (Å²) >= 11 is 0. The number of Topliss-reactive ketones (excluding diaryl/α,β-unsaturated/α-hetero) is 1. The topological polar surface area (TPSA) is 130 Å². The molecule has 1 aromatic carbocycles. The highest BCUT2D eigenvalue weighted by molar-refractivity contribution is 5.96. The van der Waals surface area contributed by atoms with Crippen molar-refractivity contribution < 1.29 is 37.3 Å². The predicted molar refractivity (Wildman–Crippen MR) is 61.4 cm³/mol. The number of esters is 1. The Bertz CT molecular complexity index is 649. The quantitative estimate of drug-likeness (QED) is 0.273. The first-order valence-electron chi connectivity index (χ1n) is 5.22. The van der Waals surface area contributed by atoms with E-state index in [4.69, 9.17) is 0 Å². The average Bonchev–Trinajstić information content (AvgIpc) is 2.36. The Labute approximate surface area is 118 Å². The smallest absolute Gasteiger partial charge is 0.405 e. The van der Waals surface area contributed by atoms with E-state index >= 15 is 0 Å². The summed E-state index contributed by atoms with van der Waals surface area (Å²) in [5.41, 5.74) is -3.11. The molecule has 118 valence electrons. The van der Waals surface area contributed by atoms with Gasteiger partial charge in [-0.05, 0) is 6.92 Å². The number of hydrogen-bond donors (Lipinski definition) is 0. The van der Waals surface area contributed by atoms with E-state index in [1.807, 2.05) is 0 Å². The van der Waals surface area contributed by atoms with Gasteiger partial charge in [-0.1, -0.05) is 0 Å². The van der Waals surface area contributed by atoms with Gasteiger partial charge in [-0.15, -0.1) is 0 Å². The summed E-state index contributed by atoms with van der Waals surface area (Å²) in [6.45, 7) is 0.935. The number of benzene rings is 1. The van der Waals surface area contributed by atoms with E-state index in [-0.39, 0.29) is 0 Å². The van der Waals surface area contributed by atoms with Crippen LogP contribution in [0.25, 0.3) is 0 Å². The average molecular weight is 322 g/mol. The number of nitro benzene ring substituents is 2. The maximum absolute atomic E-state index is 12.1. The molecule has 0 saturated heterocycles. The Morgan fingerprint density at radius 1 is 1.09 bits per heavy atom. The van der Waals surface area contributed by atoms with E-state index in [2.05, 4.69) is 4.74 Å². The molecule has 1 aromatic rings. The Balaban J connectivity index is 3.59. The Morgan fingerprint density at radius 2 is 1.50 bits per heavy atom. The first kappa shape index (κ1) is 17.0. The van der Waals surface area contributed by atoms with Gasteiger partial charge in [0.15, 0.2) is 5.78 Å². The van der Waals surface area contributed by atoms with Crippen LogP contribution in [-0.2, 0) is 4.79 Å². The number of rotatable bonds is 4. The normalized spacial score (nSPS) is 10.9. The van der Waals surface area contributed by atoms with Gasteiger partial charge in [0.05, 0.1) is 9.85 Å². The molecule has 0 saturated carbocycles. The van der Waals surface area contributed by atoms with Crippen LogP contribution in [0, 0.1) is 20.2 Å². The van der Waals surface area contributed by atoms with Crippen molar-refractivity contribution in [1.82, 2.24) is 0 Å². The minimum atomic E-state index is -5.51. The summed E-state index contributed by atoms with van der Waals surface area (Å²) in [5.74, 6) is -5.17. The molecule has 1 rings (SSSR count). The molecular formula is C10H5F3N2O7. The van der Waals surface area contributed by atoms with Gasteiger partial charge in [-0.25, -0.2) is 4.79 Å². The number of ketones is 1. The molecular weight excluding hydrogens is 317 g/mol. The van der Waals surface area contributed by atoms with Gasteiger partial charge in [-0.3, -0.25) is 25.0 Å². The third kappa shape index (κ3) is 3.53. The predicted octanol–water partition coefficient (Wildman–Crippen LogP) is 2.17. The van der Waals surface area contributed by atoms with Gasteiger partial charge in [0, 0.05) is 17.7 Å². The van der Waals surface area contributed by atoms with Crippen molar-refractivity contribution in [3.63, 3.8) is 0 Å². The van der Waals surface area contributed by atoms with Crippen LogP contribution >= 0.6 is 0 Å². The second kappa shape index (κ2) is 5.75. The van der Waals surface area contributed by atoms with Crippen LogP contribution in [0.2, 0.25) is 0 Å². The molecule has 0 bridgehead atoms. The number of hydrogen-bond acceptors (Lipinski definition) is 7. The molecule has 0 radical (unpaired) electrons. The lowest BCUT2D eigenvalue weighted by Crippen LogP contribution is -2.28. The lowest BCUT2D eigenvalue weighted by atomic mass is 10.1. The van der Waals surface area contributed by atoms with Crippen LogP contribution < -0.4 is 4.74 Å². The van der Waals surface area contributed by atoms with Crippen molar-refractivity contribution in [3.8, 4) is 5.75 Å². The monoisotopic (exact) mass is 322 g/mol. The largest absolute Gasteiger partial charge is 0.491 e. The Kier molecular flexibility index (Phi) is 4.44. The van der Waals surface area contributed by atoms with Crippen LogP contribution in [0.5, 0.6) is 5.75 Å². The van der Waals surface area contributed by atoms with E-state index in [1.165, 1.54) is 0 Å². The molecule has 0 aliphatic heterocycles. The highest BCUT2D eigenvalue weighted by Gasteiger charge is 2.44. The number of halogens is 3. The first-order chi connectivity index (χ1) is 9.95. The number of alkyl halides is 3. The zero-order valence-electron chi connectivity index (χ0n) is 10.5. The molecule has 9 nitrogen and oxygen atoms in total. The number of nitro groups is 2. The summed E-state index contributed by atoms with van der Waals surface area (Å²) < 4.78 is 40.2. The molecule has 0 heterocycles. The summed E-state index contributed by atoms with van der Waals surface area (Å²) in [5, 5.41) is 21.6. The van der Waals surface area contributed by atoms with Gasteiger partial charge in [0.25, 0.3) is 5.75 Å². The van der Waals surface area contributed by atoms with Crippen LogP contribution in [0.15, 0.2) is 12.1 Å². The molecule has 0 N–H and O–H groups in total. The first-order valence-corrected chi connectivity index (χ1v) is 5.22. The highest BCUT2D eigenvalue weighted by Crippen LogP contribution is 2.39. The molecule has 0 unspecified atom stereocenters. The summed E-state index contributed by atoms with van der Waals surface area (Å²) in [4.78, 5) is 40.9. The lowest BCUT2D eigenvalue weighted by molar-refractivity contribution is -0.395. The minimum Gasteiger partial charge on any atom is -0.405 e. The Hall–Kier alpha value is -3.05. The van der Waals surface area contributed by atoms with E-state index in [0.29, 0.717) is 12.1 Å². The lowest BCUT2D eigenvalue weighted by Gasteiger charge is -2.08. The van der Waals surface area contributed by atoms with Crippen LogP contribution in [0.1, 0.15) is 17.3 Å². The molecule has 0 amide bonds. The van der Waals surface area contributed by atoms with Crippen molar-refractivity contribution in [2.75, 3.05) is 0 Å². The molecule has 0 spiro atoms. The number of carbonyl (C=O) groups is 2. The second-order valence-electron chi connectivity index (χ2n) is 3.80. The molecule has 0 atom stereocenters. The molecule has 0 aliphatic rings. The molecule has 0 fully saturated rings. The third-order valence-corrected chi connectivity index (χ3v) is 2.28. The van der Waals surface area contributed by atoms with E-state index in [9.17, 15) is 43.0 Å². The van der Waals surface area contributed by atoms with Gasteiger partial charge >= 0.3 is 23.5 Å². The molecule has 0 aromatic heterocycles. The maximum Gasteiger partial charge on any atom is 0.491 e. The molecule has 0 aliphatic carbocycles. The minimum absolute atomic E-state index is 0.480. The van der Waals surface area contributed by atoms with Gasteiger partial charge in [-0.2, -0.15) is 13.2 Å². The van der Waals surface area contributed by atoms with Crippen molar-refractivity contribution in [2.45, 2.75) is 13.1 Å². The second-order valence-corrected chi connectivity index (χ2v) is 3.80. The summed E-state index contributed by atoms with van der Waals surface area (Å²) in [6, 6.07) is 0.961. The fourth-order valence-corrected chi connectivity index (χ4v) is 1.33. The third-order valence-electron chi connectivity index (χ3n) is 2.28. The molecule has 12 heteroatoms. The number of ether oxygens (including phenoxy) is 1. The summed E-state index contributed by atoms with van der Waals surface area (Å²) in [7, 11) is 0. The van der Waals surface area contributed by atoms with Crippen LogP contribution in [-0.4, -0.2) is 27.8 Å². The number of carbonyl (C=O) groups excluding carboxylic acids is 2. The van der Waals surface area contributed by atoms with Crippen molar-refractivity contribution in [2.24, 2.45) is 0 Å². The summed E-state index contributed by atoms with van der Waals surface area (Å²) in [6.07, 6.45) is -5.51. The molecule has 22 heavy (non-hydrogen) atoms. The maximum atomic E-state index is 12.1. The SMILES string of the molecule is CC(=O)c1cc([N+](=O)[O-])c(OC(=O)C(F)(F)F)c([N+](=O)[O-])c1. The van der Waals surface area contributed by atoms with E-state index < -0.39 is 50.5 Å². The fourth-order valence-electron chi connectivity index (χ4n) is 1.33. The van der Waals surface area contributed by atoms with Crippen molar-refractivity contribution in [3.05, 3.63) is 37.9 Å². The zero-order chi connectivity index (χ0) is 17.2. The standard InChI is InChI=1S/C10H5F3N2O7/c1-4(16)5-2-6(14(18)19)8(7(3-5)15(20)21)22-9(17)10(11,12)13/h2-3H,1H3. The zero-order valence-corrected chi connectivity index (χ0v) is 10.5. The van der Waals surface area contributed by atoms with Crippen LogP contribution in [0.3, 0.4) is 0 Å². The van der Waals surface area contributed by atoms with Crippen LogP contribution in [0.4, 0.5) is 24.5 Å². The fraction of sp³-hybridized carbons (Fsp3) is 0.200. The van der Waals surface area contributed by atoms with Gasteiger partial charge in [0.2, 0.25) is 0 Å². The highest BCUT2D eigenvalue weighted by atomic mass is 19.4. The van der Waals surface area contributed by atoms with Gasteiger partial charge < -0.3 is 4.74 Å². The van der Waals surface area contributed by atoms with Gasteiger partial charge in [0.1, 0.15) is 0 Å².